The van der Waals surface area contributed by atoms with Crippen molar-refractivity contribution in [3.8, 4) is 11.5 Å². The highest BCUT2D eigenvalue weighted by Gasteiger charge is 2.20. The van der Waals surface area contributed by atoms with Crippen molar-refractivity contribution in [2.45, 2.75) is 45.2 Å². The van der Waals surface area contributed by atoms with Crippen molar-refractivity contribution in [2.24, 2.45) is 0 Å². The molecule has 1 aliphatic rings. The lowest BCUT2D eigenvalue weighted by atomic mass is 10.0. The molecule has 0 N–H and O–H groups in total. The van der Waals surface area contributed by atoms with E-state index in [9.17, 15) is 4.79 Å². The van der Waals surface area contributed by atoms with Gasteiger partial charge in [0.1, 0.15) is 11.5 Å². The molecule has 0 bridgehead atoms. The molecule has 6 heteroatoms. The second kappa shape index (κ2) is 12.0. The third kappa shape index (κ3) is 7.15. The molecule has 2 aromatic carbocycles. The van der Waals surface area contributed by atoms with Gasteiger partial charge in [-0.15, -0.1) is 0 Å². The average molecular weight is 445 g/mol. The van der Waals surface area contributed by atoms with Crippen molar-refractivity contribution in [3.63, 3.8) is 0 Å². The van der Waals surface area contributed by atoms with E-state index < -0.39 is 0 Å². The molecule has 1 amide bonds. The van der Waals surface area contributed by atoms with Crippen molar-refractivity contribution in [1.29, 1.82) is 0 Å². The molecule has 3 rings (SSSR count). The van der Waals surface area contributed by atoms with Crippen LogP contribution in [-0.4, -0.2) is 55.1 Å². The maximum absolute atomic E-state index is 13.1. The molecule has 0 aliphatic carbocycles. The van der Waals surface area contributed by atoms with Gasteiger partial charge in [-0.25, -0.2) is 0 Å². The van der Waals surface area contributed by atoms with Crippen LogP contribution in [0.2, 0.25) is 5.02 Å². The smallest absolute Gasteiger partial charge is 0.260 e. The Morgan fingerprint density at radius 2 is 1.94 bits per heavy atom. The molecule has 0 radical (unpaired) electrons. The summed E-state index contributed by atoms with van der Waals surface area (Å²) in [6.45, 7) is 5.65. The molecular formula is C25H33ClN2O3. The normalized spacial score (nSPS) is 16.7. The predicted octanol–water partition coefficient (Wildman–Crippen LogP) is 5.02. The first-order chi connectivity index (χ1) is 15.1. The molecule has 0 aromatic heterocycles. The van der Waals surface area contributed by atoms with E-state index in [2.05, 4.69) is 11.8 Å². The maximum atomic E-state index is 13.1. The average Bonchev–Trinajstić information content (AvgIpc) is 2.79. The summed E-state index contributed by atoms with van der Waals surface area (Å²) in [7, 11) is 1.66. The van der Waals surface area contributed by atoms with Crippen LogP contribution in [0.5, 0.6) is 11.5 Å². The molecule has 0 spiro atoms. The summed E-state index contributed by atoms with van der Waals surface area (Å²) in [5.74, 6) is 1.40. The van der Waals surface area contributed by atoms with Gasteiger partial charge in [0.25, 0.3) is 5.91 Å². The Balaban J connectivity index is 1.62. The number of likely N-dealkylation sites (tertiary alicyclic amines) is 1. The Labute approximate surface area is 190 Å². The summed E-state index contributed by atoms with van der Waals surface area (Å²) in [4.78, 5) is 17.5. The van der Waals surface area contributed by atoms with Gasteiger partial charge in [-0.2, -0.15) is 0 Å². The lowest BCUT2D eigenvalue weighted by Crippen LogP contribution is -2.40. The van der Waals surface area contributed by atoms with Crippen LogP contribution in [0.15, 0.2) is 48.5 Å². The van der Waals surface area contributed by atoms with Gasteiger partial charge >= 0.3 is 0 Å². The summed E-state index contributed by atoms with van der Waals surface area (Å²) in [5, 5.41) is 0.642. The molecule has 168 valence electrons. The number of nitrogens with zero attached hydrogens (tertiary/aromatic N) is 2. The van der Waals surface area contributed by atoms with Gasteiger partial charge in [-0.05, 0) is 63.1 Å². The number of ether oxygens (including phenoxy) is 2. The number of benzene rings is 2. The van der Waals surface area contributed by atoms with Gasteiger partial charge in [-0.3, -0.25) is 4.79 Å². The van der Waals surface area contributed by atoms with E-state index >= 15 is 0 Å². The zero-order valence-electron chi connectivity index (χ0n) is 18.6. The molecule has 1 aliphatic heterocycles. The Bertz CT molecular complexity index is 828. The first kappa shape index (κ1) is 23.4. The Morgan fingerprint density at radius 3 is 2.68 bits per heavy atom. The van der Waals surface area contributed by atoms with E-state index in [1.54, 1.807) is 31.4 Å². The number of para-hydroxylation sites is 1. The van der Waals surface area contributed by atoms with Crippen molar-refractivity contribution < 1.29 is 14.3 Å². The van der Waals surface area contributed by atoms with E-state index in [4.69, 9.17) is 21.1 Å². The molecular weight excluding hydrogens is 412 g/mol. The fourth-order valence-corrected chi connectivity index (χ4v) is 4.18. The highest BCUT2D eigenvalue weighted by atomic mass is 35.5. The summed E-state index contributed by atoms with van der Waals surface area (Å²) in [5.41, 5.74) is 0.996. The first-order valence-electron chi connectivity index (χ1n) is 11.1. The molecule has 1 fully saturated rings. The van der Waals surface area contributed by atoms with Gasteiger partial charge < -0.3 is 19.3 Å². The minimum absolute atomic E-state index is 0.00308. The maximum Gasteiger partial charge on any atom is 0.260 e. The Morgan fingerprint density at radius 1 is 1.16 bits per heavy atom. The van der Waals surface area contributed by atoms with Crippen LogP contribution in [0.1, 0.15) is 38.2 Å². The molecule has 1 unspecified atom stereocenters. The standard InChI is InChI=1S/C25H33ClN2O3/c1-20-8-5-6-15-27(20)16-7-17-28(18-21-9-3-4-10-24(21)30-2)25(29)19-31-23-13-11-22(26)12-14-23/h3-4,9-14,20H,5-8,15-19H2,1-2H3. The molecule has 5 nitrogen and oxygen atoms in total. The van der Waals surface area contributed by atoms with Crippen LogP contribution in [0.25, 0.3) is 0 Å². The molecule has 1 atom stereocenters. The Hall–Kier alpha value is -2.24. The van der Waals surface area contributed by atoms with E-state index in [1.807, 2.05) is 29.2 Å². The fourth-order valence-electron chi connectivity index (χ4n) is 4.05. The summed E-state index contributed by atoms with van der Waals surface area (Å²) < 4.78 is 11.2. The second-order valence-corrected chi connectivity index (χ2v) is 8.54. The Kier molecular flexibility index (Phi) is 9.04. The summed E-state index contributed by atoms with van der Waals surface area (Å²) in [6.07, 6.45) is 4.78. The highest BCUT2D eigenvalue weighted by Crippen LogP contribution is 2.21. The molecule has 1 heterocycles. The van der Waals surface area contributed by atoms with Gasteiger partial charge in [-0.1, -0.05) is 36.2 Å². The second-order valence-electron chi connectivity index (χ2n) is 8.10. The number of hydrogen-bond acceptors (Lipinski definition) is 4. The van der Waals surface area contributed by atoms with Gasteiger partial charge in [0.2, 0.25) is 0 Å². The quantitative estimate of drug-likeness (QED) is 0.516. The lowest BCUT2D eigenvalue weighted by Gasteiger charge is -2.34. The summed E-state index contributed by atoms with van der Waals surface area (Å²) >= 11 is 5.93. The van der Waals surface area contributed by atoms with Crippen LogP contribution in [0, 0.1) is 0 Å². The predicted molar refractivity (Wildman–Crippen MR) is 125 cm³/mol. The lowest BCUT2D eigenvalue weighted by molar-refractivity contribution is -0.134. The van der Waals surface area contributed by atoms with Crippen LogP contribution in [0.3, 0.4) is 0 Å². The molecule has 2 aromatic rings. The van der Waals surface area contributed by atoms with E-state index in [0.717, 1.165) is 30.8 Å². The fraction of sp³-hybridized carbons (Fsp3) is 0.480. The van der Waals surface area contributed by atoms with Crippen LogP contribution >= 0.6 is 11.6 Å². The highest BCUT2D eigenvalue weighted by molar-refractivity contribution is 6.30. The molecule has 0 saturated carbocycles. The van der Waals surface area contributed by atoms with Crippen LogP contribution in [-0.2, 0) is 11.3 Å². The van der Waals surface area contributed by atoms with Gasteiger partial charge in [0.05, 0.1) is 7.11 Å². The molecule has 1 saturated heterocycles. The SMILES string of the molecule is COc1ccccc1CN(CCCN1CCCCC1C)C(=O)COc1ccc(Cl)cc1. The number of hydrogen-bond donors (Lipinski definition) is 0. The number of halogens is 1. The zero-order valence-corrected chi connectivity index (χ0v) is 19.3. The number of carbonyl (C=O) groups is 1. The van der Waals surface area contributed by atoms with Crippen molar-refractivity contribution in [2.75, 3.05) is 33.4 Å². The number of amides is 1. The van der Waals surface area contributed by atoms with E-state index in [1.165, 1.54) is 19.3 Å². The van der Waals surface area contributed by atoms with E-state index in [0.29, 0.717) is 29.9 Å². The van der Waals surface area contributed by atoms with Crippen molar-refractivity contribution in [3.05, 3.63) is 59.1 Å². The first-order valence-corrected chi connectivity index (χ1v) is 11.5. The number of methoxy groups -OCH3 is 1. The summed E-state index contributed by atoms with van der Waals surface area (Å²) in [6, 6.07) is 15.5. The van der Waals surface area contributed by atoms with Crippen molar-refractivity contribution >= 4 is 17.5 Å². The molecule has 31 heavy (non-hydrogen) atoms. The zero-order chi connectivity index (χ0) is 22.1. The van der Waals surface area contributed by atoms with E-state index in [-0.39, 0.29) is 12.5 Å². The van der Waals surface area contributed by atoms with Gasteiger partial charge in [0, 0.05) is 36.3 Å². The topological polar surface area (TPSA) is 42.0 Å². The third-order valence-corrected chi connectivity index (χ3v) is 6.15. The minimum Gasteiger partial charge on any atom is -0.496 e. The monoisotopic (exact) mass is 444 g/mol. The third-order valence-electron chi connectivity index (χ3n) is 5.90. The minimum atomic E-state index is -0.0347. The number of carbonyl (C=O) groups excluding carboxylic acids is 1. The van der Waals surface area contributed by atoms with Crippen LogP contribution < -0.4 is 9.47 Å². The van der Waals surface area contributed by atoms with Gasteiger partial charge in [0.15, 0.2) is 6.61 Å². The number of rotatable bonds is 10. The largest absolute Gasteiger partial charge is 0.496 e. The van der Waals surface area contributed by atoms with Crippen molar-refractivity contribution in [1.82, 2.24) is 9.80 Å². The van der Waals surface area contributed by atoms with Crippen LogP contribution in [0.4, 0.5) is 0 Å². The number of piperidine rings is 1.